The zero-order valence-corrected chi connectivity index (χ0v) is 17.2. The van der Waals surface area contributed by atoms with Crippen LogP contribution in [0.2, 0.25) is 0 Å². The van der Waals surface area contributed by atoms with Gasteiger partial charge in [0.05, 0.1) is 5.69 Å². The minimum atomic E-state index is -0.0543. The number of aromatic nitrogens is 4. The minimum Gasteiger partial charge on any atom is -0.330 e. The second-order valence-electron chi connectivity index (χ2n) is 6.20. The molecule has 0 saturated heterocycles. The summed E-state index contributed by atoms with van der Waals surface area (Å²) >= 11 is 4.47. The van der Waals surface area contributed by atoms with Crippen LogP contribution in [0.15, 0.2) is 51.0 Å². The maximum atomic E-state index is 12.0. The van der Waals surface area contributed by atoms with E-state index in [1.54, 1.807) is 16.7 Å². The molecule has 0 spiro atoms. The molecule has 3 aromatic heterocycles. The fraction of sp³-hybridized carbons (Fsp3) is 0.222. The second-order valence-corrected chi connectivity index (χ2v) is 9.28. The van der Waals surface area contributed by atoms with Gasteiger partial charge in [-0.3, -0.25) is 9.20 Å². The Morgan fingerprint density at radius 1 is 1.22 bits per heavy atom. The van der Waals surface area contributed by atoms with Crippen molar-refractivity contribution in [2.24, 2.45) is 0 Å². The molecule has 0 aliphatic heterocycles. The van der Waals surface area contributed by atoms with Gasteiger partial charge >= 0.3 is 0 Å². The van der Waals surface area contributed by atoms with Crippen LogP contribution < -0.4 is 10.9 Å². The van der Waals surface area contributed by atoms with E-state index < -0.39 is 0 Å². The van der Waals surface area contributed by atoms with E-state index in [1.807, 2.05) is 5.38 Å². The third kappa shape index (κ3) is 4.20. The van der Waals surface area contributed by atoms with E-state index in [4.69, 9.17) is 0 Å². The summed E-state index contributed by atoms with van der Waals surface area (Å²) < 4.78 is 2.39. The normalized spacial score (nSPS) is 11.4. The van der Waals surface area contributed by atoms with Gasteiger partial charge in [0.15, 0.2) is 9.30 Å². The first kappa shape index (κ1) is 18.1. The van der Waals surface area contributed by atoms with Crippen LogP contribution in [0.3, 0.4) is 0 Å². The fourth-order valence-electron chi connectivity index (χ4n) is 2.49. The van der Waals surface area contributed by atoms with Crippen molar-refractivity contribution in [3.63, 3.8) is 0 Å². The van der Waals surface area contributed by atoms with Crippen molar-refractivity contribution in [2.75, 3.05) is 5.32 Å². The fourth-order valence-corrected chi connectivity index (χ4v) is 4.89. The summed E-state index contributed by atoms with van der Waals surface area (Å²) in [6.07, 6.45) is 1.74. The van der Waals surface area contributed by atoms with E-state index in [2.05, 4.69) is 58.6 Å². The molecule has 0 bridgehead atoms. The number of hydrogen-bond acceptors (Lipinski definition) is 8. The highest BCUT2D eigenvalue weighted by Crippen LogP contribution is 2.30. The van der Waals surface area contributed by atoms with E-state index in [1.165, 1.54) is 40.0 Å². The van der Waals surface area contributed by atoms with Crippen LogP contribution in [0, 0.1) is 0 Å². The zero-order valence-electron chi connectivity index (χ0n) is 14.7. The molecule has 0 aliphatic rings. The first-order valence-corrected chi connectivity index (χ1v) is 11.1. The summed E-state index contributed by atoms with van der Waals surface area (Å²) in [6.45, 7) is 4.35. The van der Waals surface area contributed by atoms with Crippen LogP contribution in [0.4, 0.5) is 10.8 Å². The van der Waals surface area contributed by atoms with Crippen molar-refractivity contribution in [3.8, 4) is 0 Å². The number of hydrogen-bond donors (Lipinski definition) is 1. The standard InChI is InChI=1S/C18H17N5OS3/c1-11(2)12-3-5-13(6-4-12)19-16-21-22-18(27-16)26-10-14-9-15(24)23-7-8-25-17(23)20-14/h3-9,11H,10H2,1-2H3,(H,19,21). The Hall–Kier alpha value is -2.23. The highest BCUT2D eigenvalue weighted by atomic mass is 32.2. The van der Waals surface area contributed by atoms with Gasteiger partial charge < -0.3 is 5.32 Å². The molecule has 4 rings (SSSR count). The van der Waals surface area contributed by atoms with Gasteiger partial charge in [-0.25, -0.2) is 4.98 Å². The summed E-state index contributed by atoms with van der Waals surface area (Å²) in [5.74, 6) is 1.10. The van der Waals surface area contributed by atoms with Gasteiger partial charge in [0.1, 0.15) is 0 Å². The lowest BCUT2D eigenvalue weighted by molar-refractivity contribution is 0.867. The number of thiazole rings is 1. The maximum absolute atomic E-state index is 12.0. The number of benzene rings is 1. The van der Waals surface area contributed by atoms with Crippen LogP contribution >= 0.6 is 34.4 Å². The predicted molar refractivity (Wildman–Crippen MR) is 113 cm³/mol. The van der Waals surface area contributed by atoms with E-state index in [9.17, 15) is 4.79 Å². The summed E-state index contributed by atoms with van der Waals surface area (Å²) in [5, 5.41) is 14.3. The Morgan fingerprint density at radius 3 is 2.81 bits per heavy atom. The Bertz CT molecular complexity index is 1110. The SMILES string of the molecule is CC(C)c1ccc(Nc2nnc(SCc3cc(=O)n4ccsc4n3)s2)cc1. The summed E-state index contributed by atoms with van der Waals surface area (Å²) in [6, 6.07) is 9.92. The smallest absolute Gasteiger partial charge is 0.258 e. The van der Waals surface area contributed by atoms with Gasteiger partial charge in [0.2, 0.25) is 5.13 Å². The van der Waals surface area contributed by atoms with Crippen molar-refractivity contribution >= 4 is 50.2 Å². The second kappa shape index (κ2) is 7.79. The van der Waals surface area contributed by atoms with Crippen LogP contribution in [0.1, 0.15) is 31.0 Å². The third-order valence-corrected chi connectivity index (χ3v) is 6.70. The molecule has 1 aromatic carbocycles. The van der Waals surface area contributed by atoms with Gasteiger partial charge in [0, 0.05) is 29.1 Å². The first-order valence-electron chi connectivity index (χ1n) is 8.37. The number of nitrogens with one attached hydrogen (secondary N) is 1. The minimum absolute atomic E-state index is 0.0543. The number of nitrogens with zero attached hydrogens (tertiary/aromatic N) is 4. The summed E-state index contributed by atoms with van der Waals surface area (Å²) in [7, 11) is 0. The lowest BCUT2D eigenvalue weighted by Crippen LogP contribution is -2.12. The molecule has 0 aliphatic carbocycles. The van der Waals surface area contributed by atoms with Crippen molar-refractivity contribution < 1.29 is 0 Å². The molecule has 0 radical (unpaired) electrons. The number of thioether (sulfide) groups is 1. The van der Waals surface area contributed by atoms with E-state index >= 15 is 0 Å². The van der Waals surface area contributed by atoms with Gasteiger partial charge in [-0.15, -0.1) is 21.5 Å². The highest BCUT2D eigenvalue weighted by Gasteiger charge is 2.09. The monoisotopic (exact) mass is 415 g/mol. The third-order valence-electron chi connectivity index (χ3n) is 3.93. The van der Waals surface area contributed by atoms with Crippen molar-refractivity contribution in [2.45, 2.75) is 29.9 Å². The molecule has 3 heterocycles. The van der Waals surface area contributed by atoms with Crippen molar-refractivity contribution in [1.29, 1.82) is 0 Å². The molecular formula is C18H17N5OS3. The van der Waals surface area contributed by atoms with Crippen molar-refractivity contribution in [1.82, 2.24) is 19.6 Å². The molecule has 1 N–H and O–H groups in total. The average Bonchev–Trinajstić information content (AvgIpc) is 3.30. The number of rotatable bonds is 6. The Balaban J connectivity index is 1.40. The lowest BCUT2D eigenvalue weighted by Gasteiger charge is -2.06. The molecule has 0 amide bonds. The largest absolute Gasteiger partial charge is 0.330 e. The summed E-state index contributed by atoms with van der Waals surface area (Å²) in [4.78, 5) is 17.3. The predicted octanol–water partition coefficient (Wildman–Crippen LogP) is 4.77. The molecule has 4 aromatic rings. The van der Waals surface area contributed by atoms with Crippen LogP contribution in [0.25, 0.3) is 4.96 Å². The average molecular weight is 416 g/mol. The zero-order chi connectivity index (χ0) is 18.8. The molecule has 27 heavy (non-hydrogen) atoms. The molecular weight excluding hydrogens is 398 g/mol. The molecule has 0 fully saturated rings. The van der Waals surface area contributed by atoms with Gasteiger partial charge in [-0.05, 0) is 23.6 Å². The van der Waals surface area contributed by atoms with E-state index in [-0.39, 0.29) is 5.56 Å². The maximum Gasteiger partial charge on any atom is 0.258 e. The Morgan fingerprint density at radius 2 is 2.04 bits per heavy atom. The van der Waals surface area contributed by atoms with E-state index in [0.717, 1.165) is 20.9 Å². The first-order chi connectivity index (χ1) is 13.1. The molecule has 0 unspecified atom stereocenters. The van der Waals surface area contributed by atoms with Crippen LogP contribution in [-0.4, -0.2) is 19.6 Å². The molecule has 6 nitrogen and oxygen atoms in total. The summed E-state index contributed by atoms with van der Waals surface area (Å²) in [5.41, 5.74) is 2.99. The van der Waals surface area contributed by atoms with Crippen molar-refractivity contribution in [3.05, 3.63) is 63.5 Å². The van der Waals surface area contributed by atoms with Gasteiger partial charge in [-0.2, -0.15) is 0 Å². The van der Waals surface area contributed by atoms with E-state index in [0.29, 0.717) is 16.6 Å². The quantitative estimate of drug-likeness (QED) is 0.458. The Labute approximate surface area is 168 Å². The molecule has 0 saturated carbocycles. The highest BCUT2D eigenvalue weighted by molar-refractivity contribution is 8.00. The molecule has 0 atom stereocenters. The lowest BCUT2D eigenvalue weighted by atomic mass is 10.0. The number of anilines is 2. The van der Waals surface area contributed by atoms with Gasteiger partial charge in [0.25, 0.3) is 5.56 Å². The van der Waals surface area contributed by atoms with Crippen LogP contribution in [-0.2, 0) is 5.75 Å². The topological polar surface area (TPSA) is 72.2 Å². The molecule has 138 valence electrons. The van der Waals surface area contributed by atoms with Crippen LogP contribution in [0.5, 0.6) is 0 Å². The van der Waals surface area contributed by atoms with Gasteiger partial charge in [-0.1, -0.05) is 49.1 Å². The molecule has 9 heteroatoms. The number of fused-ring (bicyclic) bond motifs is 1. The Kier molecular flexibility index (Phi) is 5.24.